The first-order valence-electron chi connectivity index (χ1n) is 5.89. The molecular formula is C13H17NO3. The second kappa shape index (κ2) is 6.25. The summed E-state index contributed by atoms with van der Waals surface area (Å²) in [4.78, 5) is 13.3. The van der Waals surface area contributed by atoms with E-state index in [2.05, 4.69) is 0 Å². The zero-order valence-corrected chi connectivity index (χ0v) is 9.80. The minimum atomic E-state index is -0.232. The molecule has 0 radical (unpaired) electrons. The summed E-state index contributed by atoms with van der Waals surface area (Å²) in [5, 5.41) is 0. The highest BCUT2D eigenvalue weighted by Gasteiger charge is 2.17. The lowest BCUT2D eigenvalue weighted by atomic mass is 10.2. The molecule has 2 rings (SSSR count). The summed E-state index contributed by atoms with van der Waals surface area (Å²) in [5.41, 5.74) is 1.18. The summed E-state index contributed by atoms with van der Waals surface area (Å²) in [7, 11) is 0. The highest BCUT2D eigenvalue weighted by molar-refractivity contribution is 5.67. The predicted molar refractivity (Wildman–Crippen MR) is 63.9 cm³/mol. The van der Waals surface area contributed by atoms with Crippen LogP contribution >= 0.6 is 0 Å². The normalized spacial score (nSPS) is 15.6. The lowest BCUT2D eigenvalue weighted by Gasteiger charge is -2.25. The minimum Gasteiger partial charge on any atom is -0.449 e. The van der Waals surface area contributed by atoms with E-state index in [1.54, 1.807) is 4.90 Å². The van der Waals surface area contributed by atoms with Crippen molar-refractivity contribution < 1.29 is 14.3 Å². The SMILES string of the molecule is O=C(OCCc1ccccc1)N1CCOCC1. The van der Waals surface area contributed by atoms with E-state index in [0.717, 1.165) is 6.42 Å². The molecule has 92 valence electrons. The number of ether oxygens (including phenoxy) is 2. The van der Waals surface area contributed by atoms with Crippen LogP contribution in [0.1, 0.15) is 5.56 Å². The van der Waals surface area contributed by atoms with E-state index >= 15 is 0 Å². The van der Waals surface area contributed by atoms with E-state index in [0.29, 0.717) is 32.9 Å². The van der Waals surface area contributed by atoms with Crippen LogP contribution in [0.2, 0.25) is 0 Å². The molecule has 1 fully saturated rings. The summed E-state index contributed by atoms with van der Waals surface area (Å²) >= 11 is 0. The van der Waals surface area contributed by atoms with Crippen molar-refractivity contribution in [2.45, 2.75) is 6.42 Å². The number of carbonyl (C=O) groups is 1. The van der Waals surface area contributed by atoms with Crippen LogP contribution in [0.5, 0.6) is 0 Å². The van der Waals surface area contributed by atoms with Gasteiger partial charge in [0, 0.05) is 19.5 Å². The summed E-state index contributed by atoms with van der Waals surface area (Å²) in [6.07, 6.45) is 0.529. The first-order chi connectivity index (χ1) is 8.36. The molecule has 1 heterocycles. The van der Waals surface area contributed by atoms with Gasteiger partial charge >= 0.3 is 6.09 Å². The van der Waals surface area contributed by atoms with Crippen molar-refractivity contribution in [1.29, 1.82) is 0 Å². The van der Waals surface area contributed by atoms with Gasteiger partial charge in [0.1, 0.15) is 0 Å². The minimum absolute atomic E-state index is 0.232. The first-order valence-corrected chi connectivity index (χ1v) is 5.89. The van der Waals surface area contributed by atoms with Gasteiger partial charge in [0.15, 0.2) is 0 Å². The molecule has 0 bridgehead atoms. The summed E-state index contributed by atoms with van der Waals surface area (Å²) in [5.74, 6) is 0. The Morgan fingerprint density at radius 2 is 1.94 bits per heavy atom. The van der Waals surface area contributed by atoms with Gasteiger partial charge in [-0.1, -0.05) is 30.3 Å². The molecule has 0 aromatic heterocycles. The van der Waals surface area contributed by atoms with Gasteiger partial charge in [-0.25, -0.2) is 4.79 Å². The van der Waals surface area contributed by atoms with E-state index in [4.69, 9.17) is 9.47 Å². The van der Waals surface area contributed by atoms with Crippen molar-refractivity contribution in [2.75, 3.05) is 32.9 Å². The number of carbonyl (C=O) groups excluding carboxylic acids is 1. The molecule has 17 heavy (non-hydrogen) atoms. The fourth-order valence-corrected chi connectivity index (χ4v) is 1.74. The monoisotopic (exact) mass is 235 g/mol. The molecule has 1 aromatic rings. The van der Waals surface area contributed by atoms with Gasteiger partial charge in [0.25, 0.3) is 0 Å². The fourth-order valence-electron chi connectivity index (χ4n) is 1.74. The van der Waals surface area contributed by atoms with Gasteiger partial charge in [-0.05, 0) is 5.56 Å². The van der Waals surface area contributed by atoms with Crippen LogP contribution in [0.25, 0.3) is 0 Å². The topological polar surface area (TPSA) is 38.8 Å². The fraction of sp³-hybridized carbons (Fsp3) is 0.462. The number of morpholine rings is 1. The van der Waals surface area contributed by atoms with Gasteiger partial charge in [0.2, 0.25) is 0 Å². The summed E-state index contributed by atoms with van der Waals surface area (Å²) < 4.78 is 10.4. The molecule has 4 nitrogen and oxygen atoms in total. The summed E-state index contributed by atoms with van der Waals surface area (Å²) in [6, 6.07) is 10.0. The smallest absolute Gasteiger partial charge is 0.409 e. The van der Waals surface area contributed by atoms with E-state index in [1.807, 2.05) is 30.3 Å². The standard InChI is InChI=1S/C13H17NO3/c15-13(14-7-10-16-11-8-14)17-9-6-12-4-2-1-3-5-12/h1-5H,6-11H2. The summed E-state index contributed by atoms with van der Waals surface area (Å²) in [6.45, 7) is 2.90. The van der Waals surface area contributed by atoms with Crippen LogP contribution < -0.4 is 0 Å². The number of hydrogen-bond acceptors (Lipinski definition) is 3. The number of benzene rings is 1. The molecule has 4 heteroatoms. The lowest BCUT2D eigenvalue weighted by molar-refractivity contribution is 0.0275. The Hall–Kier alpha value is -1.55. The molecule has 0 aliphatic carbocycles. The Balaban J connectivity index is 1.69. The average Bonchev–Trinajstić information content (AvgIpc) is 2.41. The third-order valence-electron chi connectivity index (χ3n) is 2.73. The predicted octanol–water partition coefficient (Wildman–Crippen LogP) is 1.70. The molecule has 1 amide bonds. The van der Waals surface area contributed by atoms with E-state index in [1.165, 1.54) is 5.56 Å². The molecule has 0 N–H and O–H groups in total. The zero-order chi connectivity index (χ0) is 11.9. The maximum absolute atomic E-state index is 11.6. The van der Waals surface area contributed by atoms with Gasteiger partial charge in [-0.2, -0.15) is 0 Å². The quantitative estimate of drug-likeness (QED) is 0.800. The van der Waals surface area contributed by atoms with Crippen molar-refractivity contribution in [1.82, 2.24) is 4.90 Å². The molecule has 0 saturated carbocycles. The van der Waals surface area contributed by atoms with Crippen LogP contribution in [0.15, 0.2) is 30.3 Å². The second-order valence-electron chi connectivity index (χ2n) is 3.95. The Labute approximate surface area is 101 Å². The zero-order valence-electron chi connectivity index (χ0n) is 9.80. The second-order valence-corrected chi connectivity index (χ2v) is 3.95. The van der Waals surface area contributed by atoms with Crippen LogP contribution in [0, 0.1) is 0 Å². The number of hydrogen-bond donors (Lipinski definition) is 0. The van der Waals surface area contributed by atoms with Crippen LogP contribution in [-0.4, -0.2) is 43.9 Å². The van der Waals surface area contributed by atoms with Gasteiger partial charge in [-0.3, -0.25) is 0 Å². The third kappa shape index (κ3) is 3.75. The number of amides is 1. The van der Waals surface area contributed by atoms with E-state index in [-0.39, 0.29) is 6.09 Å². The molecule has 1 aliphatic heterocycles. The first kappa shape index (κ1) is 11.9. The number of nitrogens with zero attached hydrogens (tertiary/aromatic N) is 1. The van der Waals surface area contributed by atoms with Crippen LogP contribution in [0.3, 0.4) is 0 Å². The van der Waals surface area contributed by atoms with Gasteiger partial charge in [-0.15, -0.1) is 0 Å². The number of rotatable bonds is 3. The molecule has 0 spiro atoms. The largest absolute Gasteiger partial charge is 0.449 e. The Kier molecular flexibility index (Phi) is 4.38. The molecule has 0 atom stereocenters. The van der Waals surface area contributed by atoms with Crippen molar-refractivity contribution in [3.05, 3.63) is 35.9 Å². The highest BCUT2D eigenvalue weighted by Crippen LogP contribution is 2.03. The molecular weight excluding hydrogens is 218 g/mol. The average molecular weight is 235 g/mol. The Morgan fingerprint density at radius 1 is 1.24 bits per heavy atom. The van der Waals surface area contributed by atoms with E-state index in [9.17, 15) is 4.79 Å². The van der Waals surface area contributed by atoms with E-state index < -0.39 is 0 Å². The molecule has 1 aromatic carbocycles. The lowest BCUT2D eigenvalue weighted by Crippen LogP contribution is -2.41. The maximum Gasteiger partial charge on any atom is 0.409 e. The van der Waals surface area contributed by atoms with Crippen LogP contribution in [-0.2, 0) is 15.9 Å². The van der Waals surface area contributed by atoms with Crippen LogP contribution in [0.4, 0.5) is 4.79 Å². The molecule has 1 saturated heterocycles. The van der Waals surface area contributed by atoms with Crippen molar-refractivity contribution in [3.63, 3.8) is 0 Å². The van der Waals surface area contributed by atoms with Crippen molar-refractivity contribution >= 4 is 6.09 Å². The van der Waals surface area contributed by atoms with Gasteiger partial charge in [0.05, 0.1) is 19.8 Å². The Bertz CT molecular complexity index is 347. The maximum atomic E-state index is 11.6. The third-order valence-corrected chi connectivity index (χ3v) is 2.73. The Morgan fingerprint density at radius 3 is 2.65 bits per heavy atom. The van der Waals surface area contributed by atoms with Crippen molar-refractivity contribution in [3.8, 4) is 0 Å². The molecule has 1 aliphatic rings. The van der Waals surface area contributed by atoms with Crippen molar-refractivity contribution in [2.24, 2.45) is 0 Å². The highest BCUT2D eigenvalue weighted by atomic mass is 16.6. The molecule has 0 unspecified atom stereocenters. The van der Waals surface area contributed by atoms with Gasteiger partial charge < -0.3 is 14.4 Å².